The summed E-state index contributed by atoms with van der Waals surface area (Å²) in [5, 5.41) is 8.44. The second-order valence-corrected chi connectivity index (χ2v) is 7.70. The van der Waals surface area contributed by atoms with Gasteiger partial charge >= 0.3 is 0 Å². The number of benzene rings is 2. The Morgan fingerprint density at radius 2 is 1.82 bits per heavy atom. The van der Waals surface area contributed by atoms with Crippen LogP contribution < -0.4 is 15.0 Å². The summed E-state index contributed by atoms with van der Waals surface area (Å²) in [4.78, 5) is 15.9. The Morgan fingerprint density at radius 3 is 2.50 bits per heavy atom. The number of hydrogen-bond acceptors (Lipinski definition) is 5. The van der Waals surface area contributed by atoms with Crippen LogP contribution in [0.25, 0.3) is 22.4 Å². The van der Waals surface area contributed by atoms with Gasteiger partial charge in [-0.25, -0.2) is 4.40 Å². The monoisotopic (exact) mass is 390 g/mol. The third-order valence-corrected chi connectivity index (χ3v) is 5.80. The van der Waals surface area contributed by atoms with Crippen LogP contribution >= 0.6 is 11.3 Å². The molecular weight excluding hydrogens is 368 g/mol. The van der Waals surface area contributed by atoms with Crippen molar-refractivity contribution in [2.75, 3.05) is 18.0 Å². The maximum Gasteiger partial charge on any atom is 0.276 e. The molecule has 2 aromatic heterocycles. The molecule has 6 heteroatoms. The molecule has 4 aromatic rings. The van der Waals surface area contributed by atoms with Gasteiger partial charge in [-0.15, -0.1) is 10.2 Å². The summed E-state index contributed by atoms with van der Waals surface area (Å²) < 4.78 is 2.27. The number of hydrogen-bond donors (Lipinski definition) is 0. The second kappa shape index (κ2) is 7.56. The fourth-order valence-corrected chi connectivity index (χ4v) is 4.27. The van der Waals surface area contributed by atoms with Crippen molar-refractivity contribution in [1.29, 1.82) is 0 Å². The van der Waals surface area contributed by atoms with Crippen LogP contribution in [-0.2, 0) is 0 Å². The van der Waals surface area contributed by atoms with Gasteiger partial charge in [0.2, 0.25) is 4.96 Å². The summed E-state index contributed by atoms with van der Waals surface area (Å²) >= 11 is 1.37. The molecule has 142 valence electrons. The van der Waals surface area contributed by atoms with Crippen LogP contribution in [0.5, 0.6) is 0 Å². The van der Waals surface area contributed by atoms with Crippen molar-refractivity contribution < 1.29 is 0 Å². The fourth-order valence-electron chi connectivity index (χ4n) is 3.36. The van der Waals surface area contributed by atoms with E-state index in [2.05, 4.69) is 53.2 Å². The van der Waals surface area contributed by atoms with Crippen LogP contribution in [0.1, 0.15) is 25.0 Å². The van der Waals surface area contributed by atoms with Crippen LogP contribution in [0.3, 0.4) is 0 Å². The zero-order valence-corrected chi connectivity index (χ0v) is 17.0. The number of aryl methyl sites for hydroxylation is 1. The van der Waals surface area contributed by atoms with Gasteiger partial charge in [-0.3, -0.25) is 4.79 Å². The van der Waals surface area contributed by atoms with Crippen LogP contribution in [0.4, 0.5) is 5.69 Å². The summed E-state index contributed by atoms with van der Waals surface area (Å²) in [6.45, 7) is 8.26. The Morgan fingerprint density at radius 1 is 1.07 bits per heavy atom. The van der Waals surface area contributed by atoms with Gasteiger partial charge in [0, 0.05) is 24.3 Å². The standard InChI is InChI=1S/C22H22N4OS/c1-4-25(5-2)18-11-9-16(10-12-18)14-19-21(27)26-20(23-24-22(26)28-19)17-8-6-7-15(3)13-17/h6-14H,4-5H2,1-3H3/b19-14-. The van der Waals surface area contributed by atoms with E-state index in [0.29, 0.717) is 15.3 Å². The maximum atomic E-state index is 13.0. The zero-order valence-electron chi connectivity index (χ0n) is 16.2. The van der Waals surface area contributed by atoms with Gasteiger partial charge in [0.25, 0.3) is 5.56 Å². The molecule has 28 heavy (non-hydrogen) atoms. The van der Waals surface area contributed by atoms with E-state index in [1.165, 1.54) is 17.0 Å². The summed E-state index contributed by atoms with van der Waals surface area (Å²) in [7, 11) is 0. The minimum atomic E-state index is -0.0747. The van der Waals surface area contributed by atoms with E-state index in [4.69, 9.17) is 0 Å². The third-order valence-electron chi connectivity index (χ3n) is 4.84. The van der Waals surface area contributed by atoms with E-state index in [0.717, 1.165) is 29.8 Å². The summed E-state index contributed by atoms with van der Waals surface area (Å²) in [6.07, 6.45) is 1.92. The highest BCUT2D eigenvalue weighted by atomic mass is 32.1. The molecule has 0 bridgehead atoms. The average molecular weight is 391 g/mol. The SMILES string of the molecule is CCN(CC)c1ccc(/C=c2\sc3nnc(-c4cccc(C)c4)n3c2=O)cc1. The van der Waals surface area contributed by atoms with Crippen molar-refractivity contribution in [3.63, 3.8) is 0 Å². The molecule has 0 saturated heterocycles. The highest BCUT2D eigenvalue weighted by molar-refractivity contribution is 7.15. The molecule has 0 unspecified atom stereocenters. The largest absolute Gasteiger partial charge is 0.372 e. The molecular formula is C22H22N4OS. The first-order valence-corrected chi connectivity index (χ1v) is 10.2. The molecule has 0 atom stereocenters. The minimum Gasteiger partial charge on any atom is -0.372 e. The van der Waals surface area contributed by atoms with Crippen molar-refractivity contribution in [2.24, 2.45) is 0 Å². The van der Waals surface area contributed by atoms with Gasteiger partial charge in [0.05, 0.1) is 4.53 Å². The molecule has 2 aromatic carbocycles. The second-order valence-electron chi connectivity index (χ2n) is 6.69. The maximum absolute atomic E-state index is 13.0. The van der Waals surface area contributed by atoms with Crippen LogP contribution in [-0.4, -0.2) is 27.7 Å². The number of anilines is 1. The van der Waals surface area contributed by atoms with Crippen LogP contribution in [0.15, 0.2) is 53.3 Å². The predicted octanol–water partition coefficient (Wildman–Crippen LogP) is 3.52. The number of thiazole rings is 1. The quantitative estimate of drug-likeness (QED) is 0.523. The first kappa shape index (κ1) is 18.4. The molecule has 0 aliphatic rings. The van der Waals surface area contributed by atoms with Crippen LogP contribution in [0.2, 0.25) is 0 Å². The van der Waals surface area contributed by atoms with Crippen molar-refractivity contribution in [3.05, 3.63) is 74.5 Å². The lowest BCUT2D eigenvalue weighted by Crippen LogP contribution is -2.23. The molecule has 5 nitrogen and oxygen atoms in total. The van der Waals surface area contributed by atoms with Gasteiger partial charge in [-0.2, -0.15) is 0 Å². The first-order chi connectivity index (χ1) is 13.6. The van der Waals surface area contributed by atoms with Gasteiger partial charge < -0.3 is 4.90 Å². The number of aromatic nitrogens is 3. The molecule has 0 saturated carbocycles. The fraction of sp³-hybridized carbons (Fsp3) is 0.227. The molecule has 0 spiro atoms. The Bertz CT molecular complexity index is 1220. The van der Waals surface area contributed by atoms with Crippen molar-refractivity contribution in [1.82, 2.24) is 14.6 Å². The molecule has 2 heterocycles. The van der Waals surface area contributed by atoms with Crippen molar-refractivity contribution in [2.45, 2.75) is 20.8 Å². The van der Waals surface area contributed by atoms with E-state index in [1.807, 2.05) is 37.3 Å². The lowest BCUT2D eigenvalue weighted by molar-refractivity contribution is 0.866. The van der Waals surface area contributed by atoms with E-state index in [9.17, 15) is 4.79 Å². The van der Waals surface area contributed by atoms with E-state index in [-0.39, 0.29) is 5.56 Å². The summed E-state index contributed by atoms with van der Waals surface area (Å²) in [6, 6.07) is 16.3. The highest BCUT2D eigenvalue weighted by Gasteiger charge is 2.14. The normalized spacial score (nSPS) is 12.0. The van der Waals surface area contributed by atoms with Gasteiger partial charge in [-0.1, -0.05) is 47.2 Å². The molecule has 0 aliphatic heterocycles. The Labute approximate surface area is 167 Å². The topological polar surface area (TPSA) is 50.5 Å². The molecule has 4 rings (SSSR count). The van der Waals surface area contributed by atoms with E-state index in [1.54, 1.807) is 4.40 Å². The molecule has 0 N–H and O–H groups in total. The molecule has 0 amide bonds. The number of fused-ring (bicyclic) bond motifs is 1. The first-order valence-electron chi connectivity index (χ1n) is 9.42. The summed E-state index contributed by atoms with van der Waals surface area (Å²) in [5.74, 6) is 0.594. The molecule has 0 radical (unpaired) electrons. The van der Waals surface area contributed by atoms with Gasteiger partial charge in [0.15, 0.2) is 5.82 Å². The minimum absolute atomic E-state index is 0.0747. The molecule has 0 aliphatic carbocycles. The number of rotatable bonds is 5. The van der Waals surface area contributed by atoms with Crippen LogP contribution in [0, 0.1) is 6.92 Å². The smallest absolute Gasteiger partial charge is 0.276 e. The Hall–Kier alpha value is -2.99. The van der Waals surface area contributed by atoms with Crippen molar-refractivity contribution in [3.8, 4) is 11.4 Å². The average Bonchev–Trinajstić information content (AvgIpc) is 3.25. The Kier molecular flexibility index (Phi) is 4.96. The Balaban J connectivity index is 1.76. The molecule has 0 fully saturated rings. The van der Waals surface area contributed by atoms with E-state index >= 15 is 0 Å². The lowest BCUT2D eigenvalue weighted by Gasteiger charge is -2.20. The summed E-state index contributed by atoms with van der Waals surface area (Å²) in [5.41, 5.74) is 4.14. The zero-order chi connectivity index (χ0) is 19.7. The predicted molar refractivity (Wildman–Crippen MR) is 116 cm³/mol. The highest BCUT2D eigenvalue weighted by Crippen LogP contribution is 2.19. The van der Waals surface area contributed by atoms with Gasteiger partial charge in [-0.05, 0) is 50.6 Å². The lowest BCUT2D eigenvalue weighted by atomic mass is 10.1. The van der Waals surface area contributed by atoms with Gasteiger partial charge in [0.1, 0.15) is 0 Å². The van der Waals surface area contributed by atoms with E-state index < -0.39 is 0 Å². The third kappa shape index (κ3) is 3.31. The number of nitrogens with zero attached hydrogens (tertiary/aromatic N) is 4. The van der Waals surface area contributed by atoms with Crippen molar-refractivity contribution >= 4 is 28.1 Å².